The molecule has 0 aromatic rings. The van der Waals surface area contributed by atoms with Gasteiger partial charge in [0.05, 0.1) is 6.61 Å². The maximum atomic E-state index is 12.6. The van der Waals surface area contributed by atoms with Gasteiger partial charge in [0.25, 0.3) is 0 Å². The molecule has 2 unspecified atom stereocenters. The first-order valence-corrected chi connectivity index (χ1v) is 6.61. The Kier molecular flexibility index (Phi) is 3.98. The SMILES string of the molecule is CCCC1(C(=O)C2CCCOC2)CCNC1. The summed E-state index contributed by atoms with van der Waals surface area (Å²) in [4.78, 5) is 12.6. The highest BCUT2D eigenvalue weighted by Gasteiger charge is 2.43. The van der Waals surface area contributed by atoms with E-state index in [4.69, 9.17) is 4.74 Å². The molecule has 2 aliphatic heterocycles. The maximum Gasteiger partial charge on any atom is 0.145 e. The molecular weight excluding hydrogens is 202 g/mol. The highest BCUT2D eigenvalue weighted by atomic mass is 16.5. The molecule has 0 radical (unpaired) electrons. The third-order valence-corrected chi connectivity index (χ3v) is 4.03. The molecule has 2 saturated heterocycles. The first-order chi connectivity index (χ1) is 7.78. The Morgan fingerprint density at radius 2 is 2.44 bits per heavy atom. The van der Waals surface area contributed by atoms with E-state index in [0.717, 1.165) is 51.8 Å². The Morgan fingerprint density at radius 1 is 1.56 bits per heavy atom. The summed E-state index contributed by atoms with van der Waals surface area (Å²) in [5.74, 6) is 0.638. The van der Waals surface area contributed by atoms with Crippen molar-refractivity contribution in [3.8, 4) is 0 Å². The second kappa shape index (κ2) is 5.28. The summed E-state index contributed by atoms with van der Waals surface area (Å²) in [6.45, 7) is 5.55. The molecule has 0 aromatic carbocycles. The van der Waals surface area contributed by atoms with Gasteiger partial charge < -0.3 is 10.1 Å². The van der Waals surface area contributed by atoms with Crippen LogP contribution in [-0.2, 0) is 9.53 Å². The van der Waals surface area contributed by atoms with Crippen molar-refractivity contribution in [2.45, 2.75) is 39.0 Å². The monoisotopic (exact) mass is 225 g/mol. The Bertz CT molecular complexity index is 240. The van der Waals surface area contributed by atoms with Gasteiger partial charge in [-0.15, -0.1) is 0 Å². The highest BCUT2D eigenvalue weighted by Crippen LogP contribution is 2.36. The molecule has 2 rings (SSSR count). The number of nitrogens with one attached hydrogen (secondary N) is 1. The molecule has 0 spiro atoms. The van der Waals surface area contributed by atoms with E-state index in [1.54, 1.807) is 0 Å². The average Bonchev–Trinajstić information content (AvgIpc) is 2.80. The van der Waals surface area contributed by atoms with Gasteiger partial charge in [0.1, 0.15) is 5.78 Å². The van der Waals surface area contributed by atoms with E-state index < -0.39 is 0 Å². The summed E-state index contributed by atoms with van der Waals surface area (Å²) in [6.07, 6.45) is 5.24. The Labute approximate surface area is 97.9 Å². The lowest BCUT2D eigenvalue weighted by molar-refractivity contribution is -0.136. The van der Waals surface area contributed by atoms with E-state index >= 15 is 0 Å². The fraction of sp³-hybridized carbons (Fsp3) is 0.923. The quantitative estimate of drug-likeness (QED) is 0.792. The van der Waals surface area contributed by atoms with Gasteiger partial charge in [0, 0.05) is 24.5 Å². The van der Waals surface area contributed by atoms with Gasteiger partial charge in [-0.3, -0.25) is 4.79 Å². The second-order valence-corrected chi connectivity index (χ2v) is 5.24. The number of rotatable bonds is 4. The van der Waals surface area contributed by atoms with E-state index in [9.17, 15) is 4.79 Å². The first kappa shape index (κ1) is 12.1. The molecule has 3 heteroatoms. The maximum absolute atomic E-state index is 12.6. The molecule has 1 N–H and O–H groups in total. The normalized spacial score (nSPS) is 35.2. The van der Waals surface area contributed by atoms with Gasteiger partial charge in [-0.05, 0) is 32.2 Å². The topological polar surface area (TPSA) is 38.3 Å². The summed E-state index contributed by atoms with van der Waals surface area (Å²) in [7, 11) is 0. The molecule has 0 aliphatic carbocycles. The lowest BCUT2D eigenvalue weighted by Gasteiger charge is -2.32. The average molecular weight is 225 g/mol. The minimum atomic E-state index is -0.0693. The summed E-state index contributed by atoms with van der Waals surface area (Å²) >= 11 is 0. The summed E-state index contributed by atoms with van der Waals surface area (Å²) in [5.41, 5.74) is -0.0693. The fourth-order valence-electron chi connectivity index (χ4n) is 3.15. The number of ether oxygens (including phenoxy) is 1. The molecule has 92 valence electrons. The molecule has 16 heavy (non-hydrogen) atoms. The van der Waals surface area contributed by atoms with Crippen LogP contribution in [0.4, 0.5) is 0 Å². The molecule has 0 amide bonds. The van der Waals surface area contributed by atoms with Crippen molar-refractivity contribution in [3.63, 3.8) is 0 Å². The van der Waals surface area contributed by atoms with Crippen LogP contribution < -0.4 is 5.32 Å². The van der Waals surface area contributed by atoms with Crippen LogP contribution in [0.1, 0.15) is 39.0 Å². The third-order valence-electron chi connectivity index (χ3n) is 4.03. The zero-order valence-corrected chi connectivity index (χ0v) is 10.3. The molecule has 2 aliphatic rings. The lowest BCUT2D eigenvalue weighted by Crippen LogP contribution is -2.40. The van der Waals surface area contributed by atoms with Gasteiger partial charge in [-0.25, -0.2) is 0 Å². The van der Waals surface area contributed by atoms with Crippen molar-refractivity contribution in [2.75, 3.05) is 26.3 Å². The molecule has 0 bridgehead atoms. The van der Waals surface area contributed by atoms with Crippen LogP contribution in [0.15, 0.2) is 0 Å². The van der Waals surface area contributed by atoms with Crippen molar-refractivity contribution in [3.05, 3.63) is 0 Å². The predicted molar refractivity (Wildman–Crippen MR) is 63.4 cm³/mol. The van der Waals surface area contributed by atoms with Crippen LogP contribution in [-0.4, -0.2) is 32.1 Å². The number of carbonyl (C=O) groups excluding carboxylic acids is 1. The largest absolute Gasteiger partial charge is 0.381 e. The van der Waals surface area contributed by atoms with Crippen LogP contribution in [0.3, 0.4) is 0 Å². The number of hydrogen-bond acceptors (Lipinski definition) is 3. The van der Waals surface area contributed by atoms with Crippen molar-refractivity contribution < 1.29 is 9.53 Å². The van der Waals surface area contributed by atoms with Crippen LogP contribution >= 0.6 is 0 Å². The Hall–Kier alpha value is -0.410. The fourth-order valence-corrected chi connectivity index (χ4v) is 3.15. The molecule has 3 nitrogen and oxygen atoms in total. The smallest absolute Gasteiger partial charge is 0.145 e. The van der Waals surface area contributed by atoms with Gasteiger partial charge in [0.2, 0.25) is 0 Å². The van der Waals surface area contributed by atoms with E-state index in [1.807, 2.05) is 0 Å². The third kappa shape index (κ3) is 2.30. The van der Waals surface area contributed by atoms with Crippen LogP contribution in [0, 0.1) is 11.3 Å². The van der Waals surface area contributed by atoms with Gasteiger partial charge in [-0.1, -0.05) is 13.3 Å². The highest BCUT2D eigenvalue weighted by molar-refractivity contribution is 5.87. The molecule has 0 aromatic heterocycles. The zero-order valence-electron chi connectivity index (χ0n) is 10.3. The minimum Gasteiger partial charge on any atom is -0.381 e. The minimum absolute atomic E-state index is 0.0693. The van der Waals surface area contributed by atoms with Gasteiger partial charge in [0.15, 0.2) is 0 Å². The number of hydrogen-bond donors (Lipinski definition) is 1. The van der Waals surface area contributed by atoms with Crippen molar-refractivity contribution in [1.82, 2.24) is 5.32 Å². The first-order valence-electron chi connectivity index (χ1n) is 6.61. The molecule has 2 heterocycles. The van der Waals surface area contributed by atoms with E-state index in [2.05, 4.69) is 12.2 Å². The van der Waals surface area contributed by atoms with Crippen LogP contribution in [0.5, 0.6) is 0 Å². The molecule has 0 saturated carbocycles. The Morgan fingerprint density at radius 3 is 3.00 bits per heavy atom. The molecule has 2 atom stereocenters. The number of Topliss-reactive ketones (excluding diaryl/α,β-unsaturated/α-hetero) is 1. The van der Waals surface area contributed by atoms with Crippen molar-refractivity contribution in [2.24, 2.45) is 11.3 Å². The lowest BCUT2D eigenvalue weighted by atomic mass is 9.73. The number of ketones is 1. The zero-order chi connectivity index (χ0) is 11.4. The van der Waals surface area contributed by atoms with Crippen molar-refractivity contribution in [1.29, 1.82) is 0 Å². The summed E-state index contributed by atoms with van der Waals surface area (Å²) in [6, 6.07) is 0. The van der Waals surface area contributed by atoms with Crippen LogP contribution in [0.2, 0.25) is 0 Å². The summed E-state index contributed by atoms with van der Waals surface area (Å²) in [5, 5.41) is 3.36. The van der Waals surface area contributed by atoms with E-state index in [0.29, 0.717) is 12.4 Å². The van der Waals surface area contributed by atoms with E-state index in [-0.39, 0.29) is 11.3 Å². The van der Waals surface area contributed by atoms with Crippen molar-refractivity contribution >= 4 is 5.78 Å². The van der Waals surface area contributed by atoms with Crippen LogP contribution in [0.25, 0.3) is 0 Å². The Balaban J connectivity index is 2.04. The van der Waals surface area contributed by atoms with Gasteiger partial charge >= 0.3 is 0 Å². The standard InChI is InChI=1S/C13H23NO2/c1-2-5-13(6-7-14-10-13)12(15)11-4-3-8-16-9-11/h11,14H,2-10H2,1H3. The summed E-state index contributed by atoms with van der Waals surface area (Å²) < 4.78 is 5.44. The number of carbonyl (C=O) groups is 1. The molecular formula is C13H23NO2. The predicted octanol–water partition coefficient (Wildman–Crippen LogP) is 1.76. The second-order valence-electron chi connectivity index (χ2n) is 5.24. The van der Waals surface area contributed by atoms with E-state index in [1.165, 1.54) is 0 Å². The molecule has 2 fully saturated rings. The van der Waals surface area contributed by atoms with Gasteiger partial charge in [-0.2, -0.15) is 0 Å².